The third-order valence-corrected chi connectivity index (χ3v) is 9.07. The van der Waals surface area contributed by atoms with Crippen LogP contribution in [-0.4, -0.2) is 95.9 Å². The Labute approximate surface area is 278 Å². The van der Waals surface area contributed by atoms with Gasteiger partial charge in [0, 0.05) is 104 Å². The maximum absolute atomic E-state index is 12.5. The summed E-state index contributed by atoms with van der Waals surface area (Å²) in [6.07, 6.45) is 7.20. The number of piperidine rings is 1. The van der Waals surface area contributed by atoms with Crippen LogP contribution in [0, 0.1) is 5.92 Å². The molecule has 1 fully saturated rings. The van der Waals surface area contributed by atoms with Gasteiger partial charge in [-0.2, -0.15) is 0 Å². The number of methoxy groups -OCH3 is 1. The van der Waals surface area contributed by atoms with E-state index in [1.807, 2.05) is 7.11 Å². The van der Waals surface area contributed by atoms with E-state index < -0.39 is 5.60 Å². The van der Waals surface area contributed by atoms with Crippen molar-refractivity contribution in [2.45, 2.75) is 24.5 Å². The Kier molecular flexibility index (Phi) is 13.7. The van der Waals surface area contributed by atoms with Crippen molar-refractivity contribution in [2.24, 2.45) is 13.0 Å². The van der Waals surface area contributed by atoms with Crippen LogP contribution in [0.2, 0.25) is 0 Å². The van der Waals surface area contributed by atoms with Crippen molar-refractivity contribution >= 4 is 80.0 Å². The van der Waals surface area contributed by atoms with Gasteiger partial charge in [-0.3, -0.25) is 14.8 Å². The predicted octanol–water partition coefficient (Wildman–Crippen LogP) is 6.34. The highest BCUT2D eigenvalue weighted by Gasteiger charge is 2.51. The smallest absolute Gasteiger partial charge is 0.339 e. The number of benzene rings is 1. The first-order valence-electron chi connectivity index (χ1n) is 13.8. The first-order valence-corrected chi connectivity index (χ1v) is 16.2. The minimum absolute atomic E-state index is 0. The van der Waals surface area contributed by atoms with E-state index in [0.29, 0.717) is 29.8 Å². The van der Waals surface area contributed by atoms with Crippen LogP contribution in [0.4, 0.5) is 0 Å². The molecule has 2 aliphatic rings. The normalized spacial score (nSPS) is 21.3. The lowest BCUT2D eigenvalue weighted by Crippen LogP contribution is -2.59. The molecule has 0 amide bonds. The highest BCUT2D eigenvalue weighted by Crippen LogP contribution is 2.49. The molecular weight excluding hydrogens is 686 g/mol. The topological polar surface area (TPSA) is 59.8 Å². The number of likely N-dealkylation sites (tertiary alicyclic amines) is 1. The van der Waals surface area contributed by atoms with Gasteiger partial charge in [-0.25, -0.2) is 4.79 Å². The summed E-state index contributed by atoms with van der Waals surface area (Å²) in [6, 6.07) is 8.47. The highest BCUT2D eigenvalue weighted by molar-refractivity contribution is 9.10. The van der Waals surface area contributed by atoms with Crippen LogP contribution in [0.3, 0.4) is 0 Å². The molecule has 3 atom stereocenters. The Morgan fingerprint density at radius 1 is 1.14 bits per heavy atom. The van der Waals surface area contributed by atoms with Gasteiger partial charge in [-0.05, 0) is 59.1 Å². The Hall–Kier alpha value is -1.10. The van der Waals surface area contributed by atoms with Gasteiger partial charge in [0.05, 0.1) is 12.2 Å². The number of carbonyl (C=O) groups is 1. The Bertz CT molecular complexity index is 1310. The molecule has 0 saturated carbocycles. The van der Waals surface area contributed by atoms with Gasteiger partial charge in [0.25, 0.3) is 0 Å². The number of nitrogens with zero attached hydrogens (tertiary/aromatic N) is 4. The molecule has 1 saturated heterocycles. The molecule has 42 heavy (non-hydrogen) atoms. The fraction of sp³-hybridized carbons (Fsp3) is 0.533. The third kappa shape index (κ3) is 7.75. The number of aryl methyl sites for hydroxylation is 1. The number of ether oxygens (including phenoxy) is 2. The summed E-state index contributed by atoms with van der Waals surface area (Å²) in [7, 11) is 6.07. The SMILES string of the molecule is COC12CC(COC(=O)c3cncc(Br)c3)CN(C)C1Cc1cn(C)c3cccc2c13.Cl.ClCCN(CCCl)CCCl. The van der Waals surface area contributed by atoms with E-state index in [-0.39, 0.29) is 30.3 Å². The summed E-state index contributed by atoms with van der Waals surface area (Å²) < 4.78 is 15.0. The molecule has 12 heteroatoms. The van der Waals surface area contributed by atoms with Crippen molar-refractivity contribution in [1.29, 1.82) is 0 Å². The zero-order chi connectivity index (χ0) is 29.6. The number of hydrogen-bond acceptors (Lipinski definition) is 6. The summed E-state index contributed by atoms with van der Waals surface area (Å²) in [5.74, 6) is 1.77. The lowest BCUT2D eigenvalue weighted by atomic mass is 9.69. The molecule has 7 nitrogen and oxygen atoms in total. The fourth-order valence-electron chi connectivity index (χ4n) is 6.32. The minimum Gasteiger partial charge on any atom is -0.462 e. The largest absolute Gasteiger partial charge is 0.462 e. The van der Waals surface area contributed by atoms with E-state index >= 15 is 0 Å². The van der Waals surface area contributed by atoms with E-state index in [4.69, 9.17) is 44.3 Å². The molecule has 0 N–H and O–H groups in total. The van der Waals surface area contributed by atoms with Crippen molar-refractivity contribution in [3.05, 3.63) is 64.0 Å². The lowest BCUT2D eigenvalue weighted by Gasteiger charge is -2.53. The number of fused-ring (bicyclic) bond motifs is 2. The Balaban J connectivity index is 0.000000381. The van der Waals surface area contributed by atoms with E-state index in [0.717, 1.165) is 43.5 Å². The summed E-state index contributed by atoms with van der Waals surface area (Å²) >= 11 is 20.0. The van der Waals surface area contributed by atoms with Crippen LogP contribution in [0.5, 0.6) is 0 Å². The van der Waals surface area contributed by atoms with Crippen LogP contribution in [0.25, 0.3) is 10.9 Å². The van der Waals surface area contributed by atoms with Crippen molar-refractivity contribution in [3.63, 3.8) is 0 Å². The Morgan fingerprint density at radius 2 is 1.83 bits per heavy atom. The van der Waals surface area contributed by atoms with Crippen LogP contribution in [-0.2, 0) is 28.5 Å². The van der Waals surface area contributed by atoms with Crippen LogP contribution >= 0.6 is 63.1 Å². The van der Waals surface area contributed by atoms with E-state index in [9.17, 15) is 4.79 Å². The number of pyridine rings is 1. The average molecular weight is 725 g/mol. The zero-order valence-corrected chi connectivity index (χ0v) is 28.9. The van der Waals surface area contributed by atoms with Crippen LogP contribution in [0.1, 0.15) is 27.9 Å². The van der Waals surface area contributed by atoms with Crippen molar-refractivity contribution < 1.29 is 14.3 Å². The molecule has 0 spiro atoms. The molecule has 232 valence electrons. The van der Waals surface area contributed by atoms with Crippen molar-refractivity contribution in [2.75, 3.05) is 64.6 Å². The molecular formula is C30H39BrCl4N4O3. The fourth-order valence-corrected chi connectivity index (χ4v) is 7.40. The Morgan fingerprint density at radius 3 is 2.45 bits per heavy atom. The van der Waals surface area contributed by atoms with Crippen LogP contribution < -0.4 is 0 Å². The second-order valence-electron chi connectivity index (χ2n) is 10.7. The number of rotatable bonds is 10. The summed E-state index contributed by atoms with van der Waals surface area (Å²) in [6.45, 7) is 3.84. The van der Waals surface area contributed by atoms with Crippen molar-refractivity contribution in [1.82, 2.24) is 19.4 Å². The molecule has 5 rings (SSSR count). The molecule has 1 aliphatic carbocycles. The molecule has 1 aromatic carbocycles. The average Bonchev–Trinajstić information content (AvgIpc) is 3.29. The third-order valence-electron chi connectivity index (χ3n) is 8.13. The predicted molar refractivity (Wildman–Crippen MR) is 178 cm³/mol. The van der Waals surface area contributed by atoms with E-state index in [1.165, 1.54) is 28.2 Å². The maximum Gasteiger partial charge on any atom is 0.339 e. The molecule has 3 heterocycles. The van der Waals surface area contributed by atoms with Gasteiger partial charge >= 0.3 is 5.97 Å². The molecule has 1 aliphatic heterocycles. The second kappa shape index (κ2) is 16.3. The zero-order valence-electron chi connectivity index (χ0n) is 24.2. The lowest BCUT2D eigenvalue weighted by molar-refractivity contribution is -0.131. The van der Waals surface area contributed by atoms with E-state index in [1.54, 1.807) is 12.3 Å². The number of halogens is 5. The van der Waals surface area contributed by atoms with Gasteiger partial charge in [0.1, 0.15) is 5.60 Å². The molecule has 3 aromatic rings. The summed E-state index contributed by atoms with van der Waals surface area (Å²) in [4.78, 5) is 21.1. The molecule has 2 aromatic heterocycles. The number of alkyl halides is 3. The number of aromatic nitrogens is 2. The van der Waals surface area contributed by atoms with Gasteiger partial charge in [0.15, 0.2) is 0 Å². The maximum atomic E-state index is 12.5. The monoisotopic (exact) mass is 722 g/mol. The number of carbonyl (C=O) groups excluding carboxylic acids is 1. The number of hydrogen-bond donors (Lipinski definition) is 0. The van der Waals surface area contributed by atoms with Gasteiger partial charge in [0.2, 0.25) is 0 Å². The number of likely N-dealkylation sites (N-methyl/N-ethyl adjacent to an activating group) is 1. The summed E-state index contributed by atoms with van der Waals surface area (Å²) in [5, 5.41) is 1.31. The first-order chi connectivity index (χ1) is 19.8. The standard InChI is InChI=1S/C24H26BrN3O3.C6H12Cl3N.ClH/c1-27-13-17-8-21-24(30-3,19-5-4-6-20(27)22(17)19)9-15(12-28(21)2)14-31-23(29)16-7-18(25)11-26-10-16;7-1-4-10(5-2-8)6-3-9;/h4-7,10-11,13,15,21H,8-9,12,14H2,1-3H3;1-6H2;1H. The minimum atomic E-state index is -0.421. The van der Waals surface area contributed by atoms with Gasteiger partial charge in [-0.1, -0.05) is 12.1 Å². The van der Waals surface area contributed by atoms with E-state index in [2.05, 4.69) is 73.8 Å². The second-order valence-corrected chi connectivity index (χ2v) is 12.7. The number of esters is 1. The van der Waals surface area contributed by atoms with Crippen LogP contribution in [0.15, 0.2) is 47.3 Å². The molecule has 0 radical (unpaired) electrons. The quantitative estimate of drug-likeness (QED) is 0.180. The van der Waals surface area contributed by atoms with Gasteiger partial charge in [-0.15, -0.1) is 47.2 Å². The van der Waals surface area contributed by atoms with Crippen molar-refractivity contribution in [3.8, 4) is 0 Å². The molecule has 3 unspecified atom stereocenters. The summed E-state index contributed by atoms with van der Waals surface area (Å²) in [5.41, 5.74) is 3.90. The van der Waals surface area contributed by atoms with Gasteiger partial charge < -0.3 is 14.0 Å². The molecule has 0 bridgehead atoms. The first kappa shape index (κ1) is 35.4. The highest BCUT2D eigenvalue weighted by atomic mass is 79.9.